The molecule has 1 aliphatic heterocycles. The van der Waals surface area contributed by atoms with E-state index in [-0.39, 0.29) is 5.91 Å². The average molecular weight is 389 g/mol. The van der Waals surface area contributed by atoms with Gasteiger partial charge < -0.3 is 10.2 Å². The van der Waals surface area contributed by atoms with E-state index < -0.39 is 0 Å². The number of carbonyl (C=O) groups excluding carboxylic acids is 1. The van der Waals surface area contributed by atoms with E-state index in [0.29, 0.717) is 11.5 Å². The quantitative estimate of drug-likeness (QED) is 0.699. The number of carbonyl (C=O) groups is 1. The molecule has 150 valence electrons. The standard InChI is InChI=1S/C24H28N4O/c1-3-18-9-11-20(12-10-18)23-22(17-28(26-23)21-7-5-4-6-8-21)24(29)27-14-13-19(16-27)15-25-2/h4-12,17,19,25H,3,13-16H2,1-2H3. The number of aromatic nitrogens is 2. The smallest absolute Gasteiger partial charge is 0.257 e. The summed E-state index contributed by atoms with van der Waals surface area (Å²) in [6, 6.07) is 18.3. The summed E-state index contributed by atoms with van der Waals surface area (Å²) in [5, 5.41) is 8.04. The summed E-state index contributed by atoms with van der Waals surface area (Å²) in [4.78, 5) is 15.4. The molecule has 0 saturated carbocycles. The molecule has 5 nitrogen and oxygen atoms in total. The largest absolute Gasteiger partial charge is 0.338 e. The van der Waals surface area contributed by atoms with Gasteiger partial charge in [-0.15, -0.1) is 0 Å². The van der Waals surface area contributed by atoms with Crippen molar-refractivity contribution < 1.29 is 4.79 Å². The first-order chi connectivity index (χ1) is 14.2. The number of hydrogen-bond donors (Lipinski definition) is 1. The number of benzene rings is 2. The number of amides is 1. The molecule has 1 fully saturated rings. The lowest BCUT2D eigenvalue weighted by Crippen LogP contribution is -2.30. The normalized spacial score (nSPS) is 16.3. The SMILES string of the molecule is CCc1ccc(-c2nn(-c3ccccc3)cc2C(=O)N2CCC(CNC)C2)cc1. The molecular formula is C24H28N4O. The Kier molecular flexibility index (Phi) is 5.76. The summed E-state index contributed by atoms with van der Waals surface area (Å²) < 4.78 is 1.82. The Morgan fingerprint density at radius 2 is 1.90 bits per heavy atom. The third-order valence-electron chi connectivity index (χ3n) is 5.67. The Bertz CT molecular complexity index is 962. The fourth-order valence-electron chi connectivity index (χ4n) is 4.00. The molecule has 29 heavy (non-hydrogen) atoms. The molecule has 1 aromatic heterocycles. The molecule has 1 saturated heterocycles. The molecule has 2 aromatic carbocycles. The van der Waals surface area contributed by atoms with Gasteiger partial charge in [0, 0.05) is 24.8 Å². The van der Waals surface area contributed by atoms with E-state index in [0.717, 1.165) is 49.4 Å². The van der Waals surface area contributed by atoms with Crippen LogP contribution in [0.15, 0.2) is 60.8 Å². The molecule has 1 atom stereocenters. The van der Waals surface area contributed by atoms with E-state index >= 15 is 0 Å². The van der Waals surface area contributed by atoms with Gasteiger partial charge in [0.2, 0.25) is 0 Å². The van der Waals surface area contributed by atoms with Crippen LogP contribution in [0.3, 0.4) is 0 Å². The Hall–Kier alpha value is -2.92. The van der Waals surface area contributed by atoms with Crippen LogP contribution in [0.5, 0.6) is 0 Å². The summed E-state index contributed by atoms with van der Waals surface area (Å²) >= 11 is 0. The minimum Gasteiger partial charge on any atom is -0.338 e. The fourth-order valence-corrected chi connectivity index (χ4v) is 4.00. The molecule has 1 aliphatic rings. The first-order valence-corrected chi connectivity index (χ1v) is 10.4. The van der Waals surface area contributed by atoms with E-state index in [4.69, 9.17) is 5.10 Å². The van der Waals surface area contributed by atoms with Crippen LogP contribution in [0.4, 0.5) is 0 Å². The number of likely N-dealkylation sites (tertiary alicyclic amines) is 1. The lowest BCUT2D eigenvalue weighted by molar-refractivity contribution is 0.0788. The first kappa shape index (κ1) is 19.4. The minimum atomic E-state index is 0.0698. The van der Waals surface area contributed by atoms with E-state index in [1.165, 1.54) is 5.56 Å². The third kappa shape index (κ3) is 4.10. The summed E-state index contributed by atoms with van der Waals surface area (Å²) in [7, 11) is 1.96. The molecule has 0 radical (unpaired) electrons. The zero-order valence-corrected chi connectivity index (χ0v) is 17.1. The topological polar surface area (TPSA) is 50.2 Å². The maximum atomic E-state index is 13.4. The van der Waals surface area contributed by atoms with Gasteiger partial charge in [-0.25, -0.2) is 4.68 Å². The van der Waals surface area contributed by atoms with Gasteiger partial charge in [-0.3, -0.25) is 4.79 Å². The summed E-state index contributed by atoms with van der Waals surface area (Å²) in [6.45, 7) is 4.68. The van der Waals surface area contributed by atoms with Crippen molar-refractivity contribution in [3.8, 4) is 16.9 Å². The molecule has 2 heterocycles. The molecule has 4 rings (SSSR count). The van der Waals surface area contributed by atoms with E-state index in [2.05, 4.69) is 36.5 Å². The van der Waals surface area contributed by atoms with Crippen LogP contribution in [0, 0.1) is 5.92 Å². The van der Waals surface area contributed by atoms with Gasteiger partial charge in [-0.2, -0.15) is 5.10 Å². The number of para-hydroxylation sites is 1. The van der Waals surface area contributed by atoms with Gasteiger partial charge in [0.05, 0.1) is 11.3 Å². The highest BCUT2D eigenvalue weighted by Crippen LogP contribution is 2.27. The van der Waals surface area contributed by atoms with Crippen LogP contribution in [0.1, 0.15) is 29.3 Å². The number of aryl methyl sites for hydroxylation is 1. The maximum absolute atomic E-state index is 13.4. The second-order valence-corrected chi connectivity index (χ2v) is 7.69. The van der Waals surface area contributed by atoms with Crippen LogP contribution < -0.4 is 5.32 Å². The van der Waals surface area contributed by atoms with Crippen LogP contribution in [0.2, 0.25) is 0 Å². The van der Waals surface area contributed by atoms with E-state index in [1.54, 1.807) is 0 Å². The summed E-state index contributed by atoms with van der Waals surface area (Å²) in [6.07, 6.45) is 3.91. The highest BCUT2D eigenvalue weighted by molar-refractivity contribution is 6.00. The molecule has 1 unspecified atom stereocenters. The van der Waals surface area contributed by atoms with Gasteiger partial charge in [-0.05, 0) is 50.0 Å². The van der Waals surface area contributed by atoms with Crippen LogP contribution in [0.25, 0.3) is 16.9 Å². The zero-order chi connectivity index (χ0) is 20.2. The second-order valence-electron chi connectivity index (χ2n) is 7.69. The minimum absolute atomic E-state index is 0.0698. The Balaban J connectivity index is 1.71. The second kappa shape index (κ2) is 8.62. The number of nitrogens with one attached hydrogen (secondary N) is 1. The predicted molar refractivity (Wildman–Crippen MR) is 116 cm³/mol. The molecule has 3 aromatic rings. The zero-order valence-electron chi connectivity index (χ0n) is 17.1. The van der Waals surface area contributed by atoms with Gasteiger partial charge in [0.1, 0.15) is 5.69 Å². The van der Waals surface area contributed by atoms with Gasteiger partial charge in [0.25, 0.3) is 5.91 Å². The molecular weight excluding hydrogens is 360 g/mol. The molecule has 0 spiro atoms. The monoisotopic (exact) mass is 388 g/mol. The fraction of sp³-hybridized carbons (Fsp3) is 0.333. The summed E-state index contributed by atoms with van der Waals surface area (Å²) in [5.41, 5.74) is 4.62. The number of nitrogens with zero attached hydrogens (tertiary/aromatic N) is 3. The van der Waals surface area contributed by atoms with Crippen LogP contribution in [-0.4, -0.2) is 47.3 Å². The third-order valence-corrected chi connectivity index (χ3v) is 5.67. The van der Waals surface area contributed by atoms with E-state index in [1.807, 2.05) is 53.2 Å². The molecule has 1 N–H and O–H groups in total. The van der Waals surface area contributed by atoms with Crippen molar-refractivity contribution in [3.05, 3.63) is 71.9 Å². The van der Waals surface area contributed by atoms with Crippen molar-refractivity contribution >= 4 is 5.91 Å². The van der Waals surface area contributed by atoms with Gasteiger partial charge >= 0.3 is 0 Å². The molecule has 0 bridgehead atoms. The highest BCUT2D eigenvalue weighted by Gasteiger charge is 2.29. The Morgan fingerprint density at radius 1 is 1.14 bits per heavy atom. The first-order valence-electron chi connectivity index (χ1n) is 10.4. The van der Waals surface area contributed by atoms with Crippen LogP contribution >= 0.6 is 0 Å². The average Bonchev–Trinajstić information content (AvgIpc) is 3.42. The molecule has 1 amide bonds. The van der Waals surface area contributed by atoms with Crippen molar-refractivity contribution in [2.45, 2.75) is 19.8 Å². The van der Waals surface area contributed by atoms with Crippen molar-refractivity contribution in [3.63, 3.8) is 0 Å². The highest BCUT2D eigenvalue weighted by atomic mass is 16.2. The van der Waals surface area contributed by atoms with Crippen molar-refractivity contribution in [1.29, 1.82) is 0 Å². The van der Waals surface area contributed by atoms with Gasteiger partial charge in [-0.1, -0.05) is 49.4 Å². The number of hydrogen-bond acceptors (Lipinski definition) is 3. The molecule has 5 heteroatoms. The number of rotatable bonds is 6. The van der Waals surface area contributed by atoms with Crippen molar-refractivity contribution in [2.75, 3.05) is 26.7 Å². The lowest BCUT2D eigenvalue weighted by Gasteiger charge is -2.16. The van der Waals surface area contributed by atoms with Crippen molar-refractivity contribution in [1.82, 2.24) is 20.0 Å². The Labute approximate surface area is 172 Å². The van der Waals surface area contributed by atoms with E-state index in [9.17, 15) is 4.79 Å². The van der Waals surface area contributed by atoms with Crippen LogP contribution in [-0.2, 0) is 6.42 Å². The Morgan fingerprint density at radius 3 is 2.59 bits per heavy atom. The lowest BCUT2D eigenvalue weighted by atomic mass is 10.0. The summed E-state index contributed by atoms with van der Waals surface area (Å²) in [5.74, 6) is 0.584. The van der Waals surface area contributed by atoms with Gasteiger partial charge in [0.15, 0.2) is 0 Å². The van der Waals surface area contributed by atoms with Crippen molar-refractivity contribution in [2.24, 2.45) is 5.92 Å². The predicted octanol–water partition coefficient (Wildman–Crippen LogP) is 3.78. The maximum Gasteiger partial charge on any atom is 0.257 e. The molecule has 0 aliphatic carbocycles.